The Morgan fingerprint density at radius 2 is 1.59 bits per heavy atom. The van der Waals surface area contributed by atoms with Crippen LogP contribution in [0.25, 0.3) is 0 Å². The van der Waals surface area contributed by atoms with Crippen molar-refractivity contribution in [3.63, 3.8) is 0 Å². The van der Waals surface area contributed by atoms with Crippen LogP contribution in [0, 0.1) is 5.92 Å². The van der Waals surface area contributed by atoms with E-state index in [2.05, 4.69) is 10.6 Å². The summed E-state index contributed by atoms with van der Waals surface area (Å²) in [5.41, 5.74) is 10.7. The monoisotopic (exact) mass is 457 g/mol. The first-order chi connectivity index (χ1) is 14.8. The lowest BCUT2D eigenvalue weighted by Gasteiger charge is -2.28. The number of aliphatic carboxylic acids is 2. The van der Waals surface area contributed by atoms with Gasteiger partial charge < -0.3 is 37.2 Å². The molecule has 4 atom stereocenters. The van der Waals surface area contributed by atoms with Gasteiger partial charge in [0.25, 0.3) is 0 Å². The molecule has 32 heavy (non-hydrogen) atoms. The van der Waals surface area contributed by atoms with E-state index < -0.39 is 72.6 Å². The second kappa shape index (κ2) is 12.0. The quantitative estimate of drug-likeness (QED) is 0.186. The second-order valence-electron chi connectivity index (χ2n) is 8.15. The zero-order valence-corrected chi connectivity index (χ0v) is 18.1. The van der Waals surface area contributed by atoms with E-state index in [1.165, 1.54) is 0 Å². The van der Waals surface area contributed by atoms with Crippen molar-refractivity contribution in [2.45, 2.75) is 70.1 Å². The Morgan fingerprint density at radius 3 is 2.09 bits per heavy atom. The average Bonchev–Trinajstić information content (AvgIpc) is 3.15. The summed E-state index contributed by atoms with van der Waals surface area (Å²) in [4.78, 5) is 72.7. The second-order valence-corrected chi connectivity index (χ2v) is 8.15. The minimum Gasteiger partial charge on any atom is -0.481 e. The molecule has 1 aliphatic rings. The summed E-state index contributed by atoms with van der Waals surface area (Å²) in [6.07, 6.45) is -0.375. The normalized spacial score (nSPS) is 18.5. The molecule has 4 unspecified atom stereocenters. The van der Waals surface area contributed by atoms with Crippen LogP contribution in [0.5, 0.6) is 0 Å². The predicted molar refractivity (Wildman–Crippen MR) is 110 cm³/mol. The molecule has 0 spiro atoms. The lowest BCUT2D eigenvalue weighted by atomic mass is 10.0. The Kier molecular flexibility index (Phi) is 10.0. The third-order valence-electron chi connectivity index (χ3n) is 4.91. The van der Waals surface area contributed by atoms with Crippen molar-refractivity contribution in [1.82, 2.24) is 15.5 Å². The Balaban J connectivity index is 3.01. The fraction of sp³-hybridized carbons (Fsp3) is 0.684. The Morgan fingerprint density at radius 1 is 1.00 bits per heavy atom. The number of carbonyl (C=O) groups excluding carboxylic acids is 4. The zero-order valence-electron chi connectivity index (χ0n) is 18.1. The van der Waals surface area contributed by atoms with Gasteiger partial charge in [0, 0.05) is 6.54 Å². The third kappa shape index (κ3) is 8.13. The topological polar surface area (TPSA) is 222 Å². The summed E-state index contributed by atoms with van der Waals surface area (Å²) >= 11 is 0. The molecule has 0 aromatic carbocycles. The number of amides is 4. The highest BCUT2D eigenvalue weighted by atomic mass is 16.4. The molecule has 0 bridgehead atoms. The van der Waals surface area contributed by atoms with Crippen LogP contribution in [-0.4, -0.2) is 81.4 Å². The van der Waals surface area contributed by atoms with Crippen molar-refractivity contribution >= 4 is 35.6 Å². The lowest BCUT2D eigenvalue weighted by molar-refractivity contribution is -0.149. The van der Waals surface area contributed by atoms with Gasteiger partial charge in [0.15, 0.2) is 0 Å². The number of hydrogen-bond donors (Lipinski definition) is 6. The van der Waals surface area contributed by atoms with E-state index >= 15 is 0 Å². The first kappa shape index (κ1) is 26.8. The van der Waals surface area contributed by atoms with E-state index in [4.69, 9.17) is 16.6 Å². The standard InChI is InChI=1S/C19H31N5O8/c1-9(2)6-11(22-16(28)10(20)7-15(26)27)17(29)23-12(8-14(21)25)18(30)24-5-3-4-13(24)19(31)32/h9-13H,3-8,20H2,1-2H3,(H2,21,25)(H,22,28)(H,23,29)(H,26,27)(H,31,32). The van der Waals surface area contributed by atoms with Gasteiger partial charge in [0.05, 0.1) is 18.9 Å². The summed E-state index contributed by atoms with van der Waals surface area (Å²) in [6, 6.07) is -5.05. The number of primary amides is 1. The van der Waals surface area contributed by atoms with Gasteiger partial charge in [-0.25, -0.2) is 4.79 Å². The van der Waals surface area contributed by atoms with Gasteiger partial charge in [-0.2, -0.15) is 0 Å². The van der Waals surface area contributed by atoms with Crippen LogP contribution in [-0.2, 0) is 28.8 Å². The first-order valence-electron chi connectivity index (χ1n) is 10.2. The van der Waals surface area contributed by atoms with Gasteiger partial charge in [0.1, 0.15) is 18.1 Å². The maximum absolute atomic E-state index is 12.9. The lowest BCUT2D eigenvalue weighted by Crippen LogP contribution is -2.58. The summed E-state index contributed by atoms with van der Waals surface area (Å²) < 4.78 is 0. The third-order valence-corrected chi connectivity index (χ3v) is 4.91. The molecule has 0 radical (unpaired) electrons. The SMILES string of the molecule is CC(C)CC(NC(=O)C(N)CC(=O)O)C(=O)NC(CC(N)=O)C(=O)N1CCCC1C(=O)O. The largest absolute Gasteiger partial charge is 0.481 e. The fourth-order valence-electron chi connectivity index (χ4n) is 3.42. The van der Waals surface area contributed by atoms with Gasteiger partial charge in [0.2, 0.25) is 23.6 Å². The van der Waals surface area contributed by atoms with E-state index in [0.717, 1.165) is 4.90 Å². The molecule has 0 aromatic heterocycles. The summed E-state index contributed by atoms with van der Waals surface area (Å²) in [5, 5.41) is 22.8. The molecule has 180 valence electrons. The van der Waals surface area contributed by atoms with E-state index in [-0.39, 0.29) is 25.3 Å². The molecule has 13 nitrogen and oxygen atoms in total. The minimum atomic E-state index is -1.42. The highest BCUT2D eigenvalue weighted by Gasteiger charge is 2.39. The summed E-state index contributed by atoms with van der Waals surface area (Å²) in [5.74, 6) is -5.89. The van der Waals surface area contributed by atoms with Crippen LogP contribution in [0.15, 0.2) is 0 Å². The Bertz CT molecular complexity index is 756. The van der Waals surface area contributed by atoms with Crippen molar-refractivity contribution in [1.29, 1.82) is 0 Å². The van der Waals surface area contributed by atoms with Gasteiger partial charge in [-0.1, -0.05) is 13.8 Å². The number of rotatable bonds is 12. The molecular weight excluding hydrogens is 426 g/mol. The van der Waals surface area contributed by atoms with Crippen LogP contribution in [0.2, 0.25) is 0 Å². The number of carbonyl (C=O) groups is 6. The van der Waals surface area contributed by atoms with Crippen molar-refractivity contribution in [2.75, 3.05) is 6.54 Å². The molecule has 0 aromatic rings. The maximum Gasteiger partial charge on any atom is 0.326 e. The fourth-order valence-corrected chi connectivity index (χ4v) is 3.42. The van der Waals surface area contributed by atoms with Crippen molar-refractivity contribution in [3.8, 4) is 0 Å². The number of likely N-dealkylation sites (tertiary alicyclic amines) is 1. The molecular formula is C19H31N5O8. The van der Waals surface area contributed by atoms with Gasteiger partial charge >= 0.3 is 11.9 Å². The number of carboxylic acid groups (broad SMARTS) is 2. The number of nitrogens with two attached hydrogens (primary N) is 2. The van der Waals surface area contributed by atoms with E-state index in [1.54, 1.807) is 13.8 Å². The van der Waals surface area contributed by atoms with Crippen molar-refractivity contribution in [2.24, 2.45) is 17.4 Å². The summed E-state index contributed by atoms with van der Waals surface area (Å²) in [6.45, 7) is 3.70. The van der Waals surface area contributed by atoms with Crippen LogP contribution in [0.3, 0.4) is 0 Å². The number of hydrogen-bond acceptors (Lipinski definition) is 7. The molecule has 0 aliphatic carbocycles. The highest BCUT2D eigenvalue weighted by molar-refractivity contribution is 5.96. The average molecular weight is 457 g/mol. The van der Waals surface area contributed by atoms with E-state index in [1.807, 2.05) is 0 Å². The van der Waals surface area contributed by atoms with Gasteiger partial charge in [-0.05, 0) is 25.2 Å². The zero-order chi connectivity index (χ0) is 24.6. The molecule has 1 saturated heterocycles. The number of carboxylic acids is 2. The molecule has 1 fully saturated rings. The van der Waals surface area contributed by atoms with E-state index in [0.29, 0.717) is 6.42 Å². The molecule has 1 aliphatic heterocycles. The van der Waals surface area contributed by atoms with Crippen LogP contribution >= 0.6 is 0 Å². The minimum absolute atomic E-state index is 0.0815. The first-order valence-corrected chi connectivity index (χ1v) is 10.2. The molecule has 1 heterocycles. The maximum atomic E-state index is 12.9. The van der Waals surface area contributed by atoms with Crippen LogP contribution < -0.4 is 22.1 Å². The Labute approximate surface area is 184 Å². The predicted octanol–water partition coefficient (Wildman–Crippen LogP) is -2.24. The Hall–Kier alpha value is -3.22. The molecule has 8 N–H and O–H groups in total. The molecule has 1 rings (SSSR count). The smallest absolute Gasteiger partial charge is 0.326 e. The van der Waals surface area contributed by atoms with Crippen LogP contribution in [0.4, 0.5) is 0 Å². The van der Waals surface area contributed by atoms with Crippen LogP contribution in [0.1, 0.15) is 46.0 Å². The van der Waals surface area contributed by atoms with E-state index in [9.17, 15) is 33.9 Å². The van der Waals surface area contributed by atoms with Crippen molar-refractivity contribution < 1.29 is 39.0 Å². The molecule has 4 amide bonds. The number of nitrogens with one attached hydrogen (secondary N) is 2. The van der Waals surface area contributed by atoms with Gasteiger partial charge in [-0.3, -0.25) is 24.0 Å². The molecule has 0 saturated carbocycles. The molecule has 13 heteroatoms. The van der Waals surface area contributed by atoms with Gasteiger partial charge in [-0.15, -0.1) is 0 Å². The number of nitrogens with zero attached hydrogens (tertiary/aromatic N) is 1. The van der Waals surface area contributed by atoms with Crippen molar-refractivity contribution in [3.05, 3.63) is 0 Å². The highest BCUT2D eigenvalue weighted by Crippen LogP contribution is 2.19. The summed E-state index contributed by atoms with van der Waals surface area (Å²) in [7, 11) is 0.